The van der Waals surface area contributed by atoms with Gasteiger partial charge < -0.3 is 4.57 Å². The van der Waals surface area contributed by atoms with Gasteiger partial charge in [-0.05, 0) is 74.8 Å². The Balaban J connectivity index is 1.07. The van der Waals surface area contributed by atoms with E-state index in [1.807, 2.05) is 18.2 Å². The number of fused-ring (bicyclic) bond motifs is 8. The van der Waals surface area contributed by atoms with Crippen molar-refractivity contribution >= 4 is 43.4 Å². The van der Waals surface area contributed by atoms with Crippen LogP contribution in [0.15, 0.2) is 170 Å². The van der Waals surface area contributed by atoms with Gasteiger partial charge in [0.2, 0.25) is 0 Å². The van der Waals surface area contributed by atoms with Gasteiger partial charge in [-0.1, -0.05) is 133 Å². The van der Waals surface area contributed by atoms with E-state index in [0.717, 1.165) is 22.4 Å². The van der Waals surface area contributed by atoms with Crippen molar-refractivity contribution in [3.8, 4) is 62.1 Å². The molecule has 2 heterocycles. The fourth-order valence-corrected chi connectivity index (χ4v) is 8.04. The Morgan fingerprint density at radius 3 is 1.75 bits per heavy atom. The summed E-state index contributed by atoms with van der Waals surface area (Å²) in [6.45, 7) is 0. The number of nitrogens with zero attached hydrogens (tertiary/aromatic N) is 4. The minimum Gasteiger partial charge on any atom is -0.309 e. The van der Waals surface area contributed by atoms with Gasteiger partial charge in [-0.2, -0.15) is 0 Å². The molecule has 0 unspecified atom stereocenters. The topological polar surface area (TPSA) is 43.6 Å². The lowest BCUT2D eigenvalue weighted by Crippen LogP contribution is -2.01. The molecular weight excluding hydrogens is 621 g/mol. The molecule has 1 aliphatic carbocycles. The fraction of sp³-hybridized carbons (Fsp3) is 0. The second-order valence-electron chi connectivity index (χ2n) is 13.2. The molecule has 0 bridgehead atoms. The minimum atomic E-state index is 0.643. The summed E-state index contributed by atoms with van der Waals surface area (Å²) in [6.07, 6.45) is 0. The van der Waals surface area contributed by atoms with Crippen LogP contribution in [-0.2, 0) is 0 Å². The van der Waals surface area contributed by atoms with E-state index in [0.29, 0.717) is 17.5 Å². The molecule has 4 heteroatoms. The first-order valence-electron chi connectivity index (χ1n) is 17.3. The standard InChI is InChI=1S/C47H28N4/c1-2-11-31(12-3-1)45-48-46(50-47(49-45)33-23-26-36-38-17-8-13-30-14-9-18-39(43(30)38)41(36)28-33)32-20-24-34(25-21-32)51-42-19-7-6-16-37(42)40-27-22-29-10-4-5-15-35(29)44(40)51/h1-28H. The summed E-state index contributed by atoms with van der Waals surface area (Å²) < 4.78 is 2.38. The van der Waals surface area contributed by atoms with Crippen molar-refractivity contribution in [3.63, 3.8) is 0 Å². The van der Waals surface area contributed by atoms with E-state index in [2.05, 4.69) is 156 Å². The van der Waals surface area contributed by atoms with Crippen molar-refractivity contribution in [3.05, 3.63) is 170 Å². The number of aromatic nitrogens is 4. The third-order valence-corrected chi connectivity index (χ3v) is 10.4. The molecule has 0 amide bonds. The molecular formula is C47H28N4. The van der Waals surface area contributed by atoms with Crippen LogP contribution in [0.2, 0.25) is 0 Å². The summed E-state index contributed by atoms with van der Waals surface area (Å²) in [5, 5.41) is 7.52. The Kier molecular flexibility index (Phi) is 5.92. The maximum absolute atomic E-state index is 5.13. The zero-order valence-corrected chi connectivity index (χ0v) is 27.5. The van der Waals surface area contributed by atoms with E-state index in [4.69, 9.17) is 15.0 Å². The van der Waals surface area contributed by atoms with Crippen LogP contribution in [0.4, 0.5) is 0 Å². The highest BCUT2D eigenvalue weighted by atomic mass is 15.0. The van der Waals surface area contributed by atoms with Crippen molar-refractivity contribution in [1.82, 2.24) is 19.5 Å². The molecule has 0 N–H and O–H groups in total. The largest absolute Gasteiger partial charge is 0.309 e. The van der Waals surface area contributed by atoms with Crippen molar-refractivity contribution in [2.75, 3.05) is 0 Å². The Bertz CT molecular complexity index is 3010. The van der Waals surface area contributed by atoms with Gasteiger partial charge in [0.05, 0.1) is 11.0 Å². The maximum Gasteiger partial charge on any atom is 0.164 e. The molecule has 8 aromatic carbocycles. The molecule has 1 aliphatic rings. The highest BCUT2D eigenvalue weighted by Crippen LogP contribution is 2.48. The molecule has 4 nitrogen and oxygen atoms in total. The van der Waals surface area contributed by atoms with Crippen LogP contribution in [0, 0.1) is 0 Å². The number of hydrogen-bond acceptors (Lipinski definition) is 3. The van der Waals surface area contributed by atoms with Crippen molar-refractivity contribution < 1.29 is 0 Å². The molecule has 0 aliphatic heterocycles. The van der Waals surface area contributed by atoms with Gasteiger partial charge in [-0.3, -0.25) is 0 Å². The summed E-state index contributed by atoms with van der Waals surface area (Å²) in [7, 11) is 0. The molecule has 10 aromatic rings. The van der Waals surface area contributed by atoms with Gasteiger partial charge in [0, 0.05) is 38.5 Å². The van der Waals surface area contributed by atoms with Crippen LogP contribution in [0.3, 0.4) is 0 Å². The zero-order valence-electron chi connectivity index (χ0n) is 27.5. The van der Waals surface area contributed by atoms with E-state index >= 15 is 0 Å². The first-order valence-corrected chi connectivity index (χ1v) is 17.3. The second kappa shape index (κ2) is 10.8. The smallest absolute Gasteiger partial charge is 0.164 e. The highest BCUT2D eigenvalue weighted by Gasteiger charge is 2.23. The van der Waals surface area contributed by atoms with E-state index in [1.165, 1.54) is 65.6 Å². The summed E-state index contributed by atoms with van der Waals surface area (Å²) >= 11 is 0. The molecule has 236 valence electrons. The van der Waals surface area contributed by atoms with Gasteiger partial charge in [0.25, 0.3) is 0 Å². The maximum atomic E-state index is 5.13. The zero-order chi connectivity index (χ0) is 33.5. The molecule has 0 saturated carbocycles. The Morgan fingerprint density at radius 2 is 0.961 bits per heavy atom. The average molecular weight is 649 g/mol. The fourth-order valence-electron chi connectivity index (χ4n) is 8.04. The molecule has 2 aromatic heterocycles. The number of para-hydroxylation sites is 1. The summed E-state index contributed by atoms with van der Waals surface area (Å²) in [6, 6.07) is 60.3. The number of hydrogen-bond donors (Lipinski definition) is 0. The molecule has 0 spiro atoms. The second-order valence-corrected chi connectivity index (χ2v) is 13.2. The first-order chi connectivity index (χ1) is 25.3. The Hall–Kier alpha value is -6.91. The molecule has 0 fully saturated rings. The summed E-state index contributed by atoms with van der Waals surface area (Å²) in [5.41, 5.74) is 11.3. The van der Waals surface area contributed by atoms with Gasteiger partial charge in [0.1, 0.15) is 0 Å². The lowest BCUT2D eigenvalue weighted by Gasteiger charge is -2.12. The quantitative estimate of drug-likeness (QED) is 0.191. The number of rotatable bonds is 4. The van der Waals surface area contributed by atoms with Gasteiger partial charge in [-0.15, -0.1) is 0 Å². The highest BCUT2D eigenvalue weighted by molar-refractivity contribution is 6.19. The van der Waals surface area contributed by atoms with Gasteiger partial charge in [-0.25, -0.2) is 15.0 Å². The third-order valence-electron chi connectivity index (χ3n) is 10.4. The molecule has 0 saturated heterocycles. The van der Waals surface area contributed by atoms with Crippen LogP contribution in [-0.4, -0.2) is 19.5 Å². The summed E-state index contributed by atoms with van der Waals surface area (Å²) in [4.78, 5) is 15.2. The van der Waals surface area contributed by atoms with Gasteiger partial charge in [0.15, 0.2) is 17.5 Å². The molecule has 51 heavy (non-hydrogen) atoms. The van der Waals surface area contributed by atoms with Crippen molar-refractivity contribution in [2.45, 2.75) is 0 Å². The van der Waals surface area contributed by atoms with E-state index in [1.54, 1.807) is 0 Å². The first kappa shape index (κ1) is 28.0. The number of benzene rings is 8. The van der Waals surface area contributed by atoms with E-state index < -0.39 is 0 Å². The monoisotopic (exact) mass is 648 g/mol. The molecule has 0 radical (unpaired) electrons. The van der Waals surface area contributed by atoms with Crippen LogP contribution in [0.1, 0.15) is 0 Å². The van der Waals surface area contributed by atoms with Crippen molar-refractivity contribution in [2.24, 2.45) is 0 Å². The SMILES string of the molecule is c1ccc(-c2nc(-c3ccc(-n4c5ccccc5c5ccc6ccccc6c54)cc3)nc(-c3ccc4c(c3)-c3cccc5cccc-4c35)n2)cc1. The van der Waals surface area contributed by atoms with Crippen LogP contribution < -0.4 is 0 Å². The van der Waals surface area contributed by atoms with E-state index in [-0.39, 0.29) is 0 Å². The van der Waals surface area contributed by atoms with Crippen molar-refractivity contribution in [1.29, 1.82) is 0 Å². The van der Waals surface area contributed by atoms with Crippen LogP contribution in [0.5, 0.6) is 0 Å². The third kappa shape index (κ3) is 4.23. The lowest BCUT2D eigenvalue weighted by atomic mass is 10.0. The normalized spacial score (nSPS) is 11.9. The summed E-state index contributed by atoms with van der Waals surface area (Å²) in [5.74, 6) is 1.95. The average Bonchev–Trinajstić information content (AvgIpc) is 3.72. The van der Waals surface area contributed by atoms with E-state index in [9.17, 15) is 0 Å². The Morgan fingerprint density at radius 1 is 0.353 bits per heavy atom. The lowest BCUT2D eigenvalue weighted by molar-refractivity contribution is 1.07. The van der Waals surface area contributed by atoms with Crippen LogP contribution in [0.25, 0.3) is 105 Å². The predicted molar refractivity (Wildman–Crippen MR) is 210 cm³/mol. The predicted octanol–water partition coefficient (Wildman–Crippen LogP) is 11.9. The molecule has 11 rings (SSSR count). The van der Waals surface area contributed by atoms with Crippen LogP contribution >= 0.6 is 0 Å². The van der Waals surface area contributed by atoms with Gasteiger partial charge >= 0.3 is 0 Å². The minimum absolute atomic E-state index is 0.643. The molecule has 0 atom stereocenters. The Labute approximate surface area is 294 Å².